The third-order valence-electron chi connectivity index (χ3n) is 2.05. The first-order valence-corrected chi connectivity index (χ1v) is 6.30. The number of nitrogens with zero attached hydrogens (tertiary/aromatic N) is 1. The van der Waals surface area contributed by atoms with Crippen LogP contribution < -0.4 is 5.73 Å². The van der Waals surface area contributed by atoms with Gasteiger partial charge in [-0.15, -0.1) is 11.3 Å². The van der Waals surface area contributed by atoms with E-state index in [-0.39, 0.29) is 12.0 Å². The molecule has 0 saturated carbocycles. The molecule has 0 fully saturated rings. The molecular weight excluding hydrogens is 224 g/mol. The Balaban J connectivity index is 2.67. The molecule has 0 spiro atoms. The van der Waals surface area contributed by atoms with Crippen molar-refractivity contribution in [2.75, 3.05) is 6.61 Å². The number of ether oxygens (including phenoxy) is 1. The maximum absolute atomic E-state index is 11.4. The Kier molecular flexibility index (Phi) is 4.89. The maximum atomic E-state index is 11.4. The maximum Gasteiger partial charge on any atom is 0.357 e. The standard InChI is InChI=1S/C11H18N2O2S/c1-4-15-11(14)9-6-16-10(13-9)8(12)5-7(2)3/h6-8H,4-5,12H2,1-3H3/t8-/m1/s1. The summed E-state index contributed by atoms with van der Waals surface area (Å²) in [5.74, 6) is 0.145. The van der Waals surface area contributed by atoms with Gasteiger partial charge in [0.15, 0.2) is 5.69 Å². The number of carbonyl (C=O) groups is 1. The SMILES string of the molecule is CCOC(=O)c1csc([C@H](N)CC(C)C)n1. The Morgan fingerprint density at radius 2 is 2.31 bits per heavy atom. The molecule has 0 aliphatic heterocycles. The van der Waals surface area contributed by atoms with Crippen LogP contribution in [0.2, 0.25) is 0 Å². The van der Waals surface area contributed by atoms with Crippen LogP contribution >= 0.6 is 11.3 Å². The van der Waals surface area contributed by atoms with Crippen LogP contribution in [0.1, 0.15) is 48.7 Å². The van der Waals surface area contributed by atoms with E-state index in [1.54, 1.807) is 12.3 Å². The molecule has 0 unspecified atom stereocenters. The van der Waals surface area contributed by atoms with Crippen LogP contribution in [0.3, 0.4) is 0 Å². The summed E-state index contributed by atoms with van der Waals surface area (Å²) in [4.78, 5) is 15.6. The van der Waals surface area contributed by atoms with Crippen molar-refractivity contribution >= 4 is 17.3 Å². The highest BCUT2D eigenvalue weighted by molar-refractivity contribution is 7.09. The number of hydrogen-bond donors (Lipinski definition) is 1. The molecular formula is C11H18N2O2S. The third-order valence-corrected chi connectivity index (χ3v) is 3.03. The molecule has 4 nitrogen and oxygen atoms in total. The molecule has 2 N–H and O–H groups in total. The fourth-order valence-corrected chi connectivity index (χ4v) is 2.17. The Bertz CT molecular complexity index is 350. The van der Waals surface area contributed by atoms with Crippen molar-refractivity contribution in [3.05, 3.63) is 16.1 Å². The van der Waals surface area contributed by atoms with Crippen molar-refractivity contribution < 1.29 is 9.53 Å². The molecule has 0 amide bonds. The predicted octanol–water partition coefficient (Wildman–Crippen LogP) is 2.37. The van der Waals surface area contributed by atoms with E-state index in [1.807, 2.05) is 0 Å². The summed E-state index contributed by atoms with van der Waals surface area (Å²) in [6.45, 7) is 6.36. The number of esters is 1. The summed E-state index contributed by atoms with van der Waals surface area (Å²) in [6, 6.07) is -0.0897. The highest BCUT2D eigenvalue weighted by Gasteiger charge is 2.16. The van der Waals surface area contributed by atoms with Crippen LogP contribution in [0.15, 0.2) is 5.38 Å². The van der Waals surface area contributed by atoms with Crippen molar-refractivity contribution in [1.29, 1.82) is 0 Å². The van der Waals surface area contributed by atoms with Crippen molar-refractivity contribution in [2.45, 2.75) is 33.2 Å². The van der Waals surface area contributed by atoms with Crippen molar-refractivity contribution in [2.24, 2.45) is 11.7 Å². The van der Waals surface area contributed by atoms with E-state index < -0.39 is 0 Å². The second-order valence-electron chi connectivity index (χ2n) is 4.03. The Labute approximate surface area is 99.8 Å². The average Bonchev–Trinajstić information content (AvgIpc) is 2.65. The van der Waals surface area contributed by atoms with E-state index in [1.165, 1.54) is 11.3 Å². The van der Waals surface area contributed by atoms with Gasteiger partial charge in [0.05, 0.1) is 12.6 Å². The summed E-state index contributed by atoms with van der Waals surface area (Å²) in [5, 5.41) is 2.50. The monoisotopic (exact) mass is 242 g/mol. The Morgan fingerprint density at radius 3 is 2.88 bits per heavy atom. The number of rotatable bonds is 5. The molecule has 1 aromatic heterocycles. The molecule has 0 aliphatic rings. The van der Waals surface area contributed by atoms with Gasteiger partial charge in [-0.05, 0) is 19.3 Å². The second kappa shape index (κ2) is 5.96. The smallest absolute Gasteiger partial charge is 0.357 e. The first-order chi connectivity index (χ1) is 7.54. The molecule has 1 aromatic rings. The molecule has 0 radical (unpaired) electrons. The van der Waals surface area contributed by atoms with Gasteiger partial charge in [0.25, 0.3) is 0 Å². The zero-order valence-electron chi connectivity index (χ0n) is 9.90. The van der Waals surface area contributed by atoms with Crippen LogP contribution in [0, 0.1) is 5.92 Å². The van der Waals surface area contributed by atoms with Gasteiger partial charge in [-0.3, -0.25) is 0 Å². The fourth-order valence-electron chi connectivity index (χ4n) is 1.37. The average molecular weight is 242 g/mol. The quantitative estimate of drug-likeness (QED) is 0.805. The van der Waals surface area contributed by atoms with Gasteiger partial charge in [0.2, 0.25) is 0 Å². The summed E-state index contributed by atoms with van der Waals surface area (Å²) in [7, 11) is 0. The topological polar surface area (TPSA) is 65.2 Å². The number of aromatic nitrogens is 1. The van der Waals surface area contributed by atoms with E-state index in [2.05, 4.69) is 18.8 Å². The van der Waals surface area contributed by atoms with E-state index in [9.17, 15) is 4.79 Å². The largest absolute Gasteiger partial charge is 0.461 e. The molecule has 0 bridgehead atoms. The number of nitrogens with two attached hydrogens (primary N) is 1. The van der Waals surface area contributed by atoms with Crippen LogP contribution in [0.4, 0.5) is 0 Å². The van der Waals surface area contributed by atoms with E-state index in [0.29, 0.717) is 18.2 Å². The first kappa shape index (κ1) is 13.1. The van der Waals surface area contributed by atoms with Gasteiger partial charge in [0, 0.05) is 5.38 Å². The number of hydrogen-bond acceptors (Lipinski definition) is 5. The minimum Gasteiger partial charge on any atom is -0.461 e. The first-order valence-electron chi connectivity index (χ1n) is 5.42. The molecule has 0 aromatic carbocycles. The molecule has 0 saturated heterocycles. The second-order valence-corrected chi connectivity index (χ2v) is 4.92. The predicted molar refractivity (Wildman–Crippen MR) is 64.5 cm³/mol. The van der Waals surface area contributed by atoms with Gasteiger partial charge in [-0.2, -0.15) is 0 Å². The summed E-state index contributed by atoms with van der Waals surface area (Å²) < 4.78 is 4.87. The van der Waals surface area contributed by atoms with Crippen LogP contribution in [-0.2, 0) is 4.74 Å². The van der Waals surface area contributed by atoms with Crippen molar-refractivity contribution in [3.8, 4) is 0 Å². The molecule has 90 valence electrons. The highest BCUT2D eigenvalue weighted by atomic mass is 32.1. The molecule has 5 heteroatoms. The van der Waals surface area contributed by atoms with Crippen molar-refractivity contribution in [1.82, 2.24) is 4.98 Å². The molecule has 1 atom stereocenters. The summed E-state index contributed by atoms with van der Waals surface area (Å²) in [5.41, 5.74) is 6.34. The van der Waals surface area contributed by atoms with Crippen molar-refractivity contribution in [3.63, 3.8) is 0 Å². The van der Waals surface area contributed by atoms with Gasteiger partial charge < -0.3 is 10.5 Å². The van der Waals surface area contributed by atoms with Gasteiger partial charge >= 0.3 is 5.97 Å². The van der Waals surface area contributed by atoms with E-state index >= 15 is 0 Å². The third kappa shape index (κ3) is 3.57. The Hall–Kier alpha value is -0.940. The lowest BCUT2D eigenvalue weighted by Crippen LogP contribution is -2.13. The molecule has 16 heavy (non-hydrogen) atoms. The fraction of sp³-hybridized carbons (Fsp3) is 0.636. The van der Waals surface area contributed by atoms with E-state index in [0.717, 1.165) is 11.4 Å². The lowest BCUT2D eigenvalue weighted by atomic mass is 10.1. The normalized spacial score (nSPS) is 12.8. The van der Waals surface area contributed by atoms with E-state index in [4.69, 9.17) is 10.5 Å². The van der Waals surface area contributed by atoms with Gasteiger partial charge in [-0.25, -0.2) is 9.78 Å². The lowest BCUT2D eigenvalue weighted by molar-refractivity contribution is 0.0520. The zero-order chi connectivity index (χ0) is 12.1. The zero-order valence-corrected chi connectivity index (χ0v) is 10.7. The highest BCUT2D eigenvalue weighted by Crippen LogP contribution is 2.22. The van der Waals surface area contributed by atoms with Gasteiger partial charge in [0.1, 0.15) is 5.01 Å². The molecule has 1 heterocycles. The van der Waals surface area contributed by atoms with Gasteiger partial charge in [-0.1, -0.05) is 13.8 Å². The Morgan fingerprint density at radius 1 is 1.62 bits per heavy atom. The lowest BCUT2D eigenvalue weighted by Gasteiger charge is -2.10. The summed E-state index contributed by atoms with van der Waals surface area (Å²) >= 11 is 1.42. The number of thiazole rings is 1. The minimum absolute atomic E-state index is 0.0897. The van der Waals surface area contributed by atoms with Crippen LogP contribution in [-0.4, -0.2) is 17.6 Å². The number of carbonyl (C=O) groups excluding carboxylic acids is 1. The van der Waals surface area contributed by atoms with Crippen LogP contribution in [0.25, 0.3) is 0 Å². The molecule has 0 aliphatic carbocycles. The summed E-state index contributed by atoms with van der Waals surface area (Å²) in [6.07, 6.45) is 0.871. The van der Waals surface area contributed by atoms with Crippen LogP contribution in [0.5, 0.6) is 0 Å². The molecule has 1 rings (SSSR count). The minimum atomic E-state index is -0.373.